The van der Waals surface area contributed by atoms with Gasteiger partial charge < -0.3 is 0 Å². The van der Waals surface area contributed by atoms with E-state index in [-0.39, 0.29) is 3.48 Å². The van der Waals surface area contributed by atoms with Gasteiger partial charge in [-0.25, -0.2) is 0 Å². The third kappa shape index (κ3) is 4.64. The van der Waals surface area contributed by atoms with Gasteiger partial charge in [-0.2, -0.15) is 0 Å². The quantitative estimate of drug-likeness (QED) is 0.496. The summed E-state index contributed by atoms with van der Waals surface area (Å²) in [5, 5.41) is 0. The molecular formula is CHBr4OP. The first-order valence-corrected chi connectivity index (χ1v) is 8.86. The van der Waals surface area contributed by atoms with E-state index in [2.05, 4.69) is 62.8 Å². The molecule has 0 saturated heterocycles. The van der Waals surface area contributed by atoms with Gasteiger partial charge in [0.15, 0.2) is 0 Å². The molecule has 0 aromatic carbocycles. The van der Waals surface area contributed by atoms with Crippen LogP contribution >= 0.6 is 67.4 Å². The van der Waals surface area contributed by atoms with E-state index in [0.29, 0.717) is 0 Å². The molecule has 0 unspecified atom stereocenters. The first kappa shape index (κ1) is 9.15. The van der Waals surface area contributed by atoms with Crippen molar-refractivity contribution < 1.29 is 4.57 Å². The second-order valence-electron chi connectivity index (χ2n) is 0.780. The molecule has 0 heterocycles. The van der Waals surface area contributed by atoms with Crippen LogP contribution in [0.15, 0.2) is 0 Å². The summed E-state index contributed by atoms with van der Waals surface area (Å²) in [6, 6.07) is 0. The molecule has 0 aliphatic carbocycles. The largest absolute Gasteiger partial charge is 0.297 e. The van der Waals surface area contributed by atoms with E-state index < -0.39 is 4.55 Å². The Kier molecular flexibility index (Phi) is 4.38. The van der Waals surface area contributed by atoms with Crippen LogP contribution < -0.4 is 0 Å². The van der Waals surface area contributed by atoms with Crippen molar-refractivity contribution in [3.63, 3.8) is 0 Å². The molecule has 0 fully saturated rings. The lowest BCUT2D eigenvalue weighted by molar-refractivity contribution is 0.597. The highest BCUT2D eigenvalue weighted by molar-refractivity contribution is 9.72. The molecule has 0 bridgehead atoms. The van der Waals surface area contributed by atoms with Crippen molar-refractivity contribution >= 4 is 67.4 Å². The van der Waals surface area contributed by atoms with Crippen LogP contribution in [0.3, 0.4) is 0 Å². The molecule has 44 valence electrons. The molecule has 0 aromatic heterocycles. The van der Waals surface area contributed by atoms with Crippen molar-refractivity contribution in [1.82, 2.24) is 0 Å². The molecule has 1 nitrogen and oxygen atoms in total. The summed E-state index contributed by atoms with van der Waals surface area (Å²) in [5.41, 5.74) is 0. The monoisotopic (exact) mass is 376 g/mol. The molecule has 0 radical (unpaired) electrons. The normalized spacial score (nSPS) is 12.7. The van der Waals surface area contributed by atoms with Crippen LogP contribution in [0.5, 0.6) is 0 Å². The smallest absolute Gasteiger partial charge is 0.231 e. The van der Waals surface area contributed by atoms with Crippen LogP contribution in [0.2, 0.25) is 0 Å². The second kappa shape index (κ2) is 3.35. The SMILES string of the molecule is O=P(Br)(Br)C(Br)Br. The molecular weight excluding hydrogens is 379 g/mol. The van der Waals surface area contributed by atoms with Gasteiger partial charge in [-0.3, -0.25) is 4.57 Å². The van der Waals surface area contributed by atoms with Gasteiger partial charge >= 0.3 is 0 Å². The molecule has 6 heteroatoms. The van der Waals surface area contributed by atoms with Crippen molar-refractivity contribution in [3.05, 3.63) is 0 Å². The van der Waals surface area contributed by atoms with E-state index in [1.807, 2.05) is 0 Å². The van der Waals surface area contributed by atoms with Crippen LogP contribution in [0.1, 0.15) is 0 Å². The Hall–Kier alpha value is 2.15. The zero-order valence-electron chi connectivity index (χ0n) is 2.94. The minimum Gasteiger partial charge on any atom is -0.297 e. The van der Waals surface area contributed by atoms with Gasteiger partial charge in [-0.05, 0) is 31.0 Å². The summed E-state index contributed by atoms with van der Waals surface area (Å²) in [6.45, 7) is 0. The highest BCUT2D eigenvalue weighted by Crippen LogP contribution is 2.69. The van der Waals surface area contributed by atoms with Gasteiger partial charge in [0.1, 0.15) is 3.48 Å². The highest BCUT2D eigenvalue weighted by Gasteiger charge is 2.20. The Morgan fingerprint density at radius 2 is 1.43 bits per heavy atom. The summed E-state index contributed by atoms with van der Waals surface area (Å²) in [5.74, 6) is 0. The number of rotatable bonds is 1. The Morgan fingerprint density at radius 1 is 1.29 bits per heavy atom. The fraction of sp³-hybridized carbons (Fsp3) is 1.00. The van der Waals surface area contributed by atoms with Crippen LogP contribution in [-0.2, 0) is 4.57 Å². The van der Waals surface area contributed by atoms with Gasteiger partial charge in [0.2, 0.25) is 4.55 Å². The maximum atomic E-state index is 10.7. The Bertz CT molecular complexity index is 93.9. The minimum atomic E-state index is -2.28. The lowest BCUT2D eigenvalue weighted by atomic mass is 11.9. The fourth-order valence-electron chi connectivity index (χ4n) is 0. The van der Waals surface area contributed by atoms with Crippen LogP contribution in [0.25, 0.3) is 0 Å². The van der Waals surface area contributed by atoms with Gasteiger partial charge in [0.05, 0.1) is 0 Å². The molecule has 0 saturated carbocycles. The Labute approximate surface area is 74.7 Å². The number of alkyl halides is 2. The number of halogens is 4. The maximum absolute atomic E-state index is 10.7. The van der Waals surface area contributed by atoms with Crippen molar-refractivity contribution in [2.45, 2.75) is 3.48 Å². The first-order valence-electron chi connectivity index (χ1n) is 1.22. The lowest BCUT2D eigenvalue weighted by Crippen LogP contribution is -1.69. The summed E-state index contributed by atoms with van der Waals surface area (Å²) in [7, 11) is 0. The average molecular weight is 380 g/mol. The van der Waals surface area contributed by atoms with Gasteiger partial charge in [-0.15, -0.1) is 0 Å². The van der Waals surface area contributed by atoms with E-state index in [1.54, 1.807) is 0 Å². The number of hydrogen-bond acceptors (Lipinski definition) is 1. The zero-order chi connectivity index (χ0) is 6.08. The van der Waals surface area contributed by atoms with E-state index in [1.165, 1.54) is 0 Å². The van der Waals surface area contributed by atoms with Crippen molar-refractivity contribution in [3.8, 4) is 0 Å². The maximum Gasteiger partial charge on any atom is 0.231 e. The molecule has 7 heavy (non-hydrogen) atoms. The molecule has 0 aliphatic rings. The first-order chi connectivity index (χ1) is 2.94. The summed E-state index contributed by atoms with van der Waals surface area (Å²) < 4.78 is 8.19. The van der Waals surface area contributed by atoms with E-state index in [4.69, 9.17) is 0 Å². The van der Waals surface area contributed by atoms with Crippen LogP contribution in [0.4, 0.5) is 0 Å². The van der Waals surface area contributed by atoms with Gasteiger partial charge in [0, 0.05) is 0 Å². The van der Waals surface area contributed by atoms with E-state index in [0.717, 1.165) is 0 Å². The van der Waals surface area contributed by atoms with Crippen LogP contribution in [0, 0.1) is 0 Å². The fourth-order valence-corrected chi connectivity index (χ4v) is 0. The Balaban J connectivity index is 3.80. The highest BCUT2D eigenvalue weighted by atomic mass is 79.9. The zero-order valence-corrected chi connectivity index (χ0v) is 10.2. The Morgan fingerprint density at radius 3 is 1.43 bits per heavy atom. The predicted molar refractivity (Wildman–Crippen MR) is 47.1 cm³/mol. The number of hydrogen-bond donors (Lipinski definition) is 0. The summed E-state index contributed by atoms with van der Waals surface area (Å²) in [6.07, 6.45) is 0. The summed E-state index contributed by atoms with van der Waals surface area (Å²) >= 11 is 12.0. The van der Waals surface area contributed by atoms with Crippen molar-refractivity contribution in [1.29, 1.82) is 0 Å². The molecule has 0 spiro atoms. The molecule has 0 aromatic rings. The lowest BCUT2D eigenvalue weighted by Gasteiger charge is -1.99. The molecule has 0 atom stereocenters. The van der Waals surface area contributed by atoms with Crippen LogP contribution in [-0.4, -0.2) is 3.48 Å². The predicted octanol–water partition coefficient (Wildman–Crippen LogP) is 4.04. The molecule has 0 rings (SSSR count). The average Bonchev–Trinajstić information content (AvgIpc) is 1.31. The van der Waals surface area contributed by atoms with E-state index in [9.17, 15) is 4.57 Å². The van der Waals surface area contributed by atoms with Crippen molar-refractivity contribution in [2.24, 2.45) is 0 Å². The molecule has 0 N–H and O–H groups in total. The van der Waals surface area contributed by atoms with Crippen molar-refractivity contribution in [2.75, 3.05) is 0 Å². The second-order valence-corrected chi connectivity index (χ2v) is 16.0. The standard InChI is InChI=1S/CHBr4OP/c2-1(3)7(4,5)6/h1H. The van der Waals surface area contributed by atoms with E-state index >= 15 is 0 Å². The third-order valence-corrected chi connectivity index (χ3v) is 13.2. The third-order valence-electron chi connectivity index (χ3n) is 0.227. The van der Waals surface area contributed by atoms with Gasteiger partial charge in [0.25, 0.3) is 0 Å². The topological polar surface area (TPSA) is 17.1 Å². The molecule has 0 aliphatic heterocycles. The molecule has 0 amide bonds. The minimum absolute atomic E-state index is 0.188. The summed E-state index contributed by atoms with van der Waals surface area (Å²) in [4.78, 5) is 0. The van der Waals surface area contributed by atoms with Gasteiger partial charge in [-0.1, -0.05) is 31.9 Å².